The summed E-state index contributed by atoms with van der Waals surface area (Å²) in [6.45, 7) is 3.10. The SMILES string of the molecule is COc1cc(/C=C(\C#N)C(=O)NC(C)C)cc(I)c1OCC(=O)O. The van der Waals surface area contributed by atoms with Gasteiger partial charge in [-0.2, -0.15) is 5.26 Å². The first kappa shape index (κ1) is 19.8. The van der Waals surface area contributed by atoms with Crippen molar-refractivity contribution in [3.8, 4) is 17.6 Å². The van der Waals surface area contributed by atoms with Crippen LogP contribution in [0, 0.1) is 14.9 Å². The number of amides is 1. The van der Waals surface area contributed by atoms with Crippen molar-refractivity contribution >= 4 is 40.5 Å². The first-order valence-corrected chi connectivity index (χ1v) is 8.01. The van der Waals surface area contributed by atoms with Crippen LogP contribution in [0.25, 0.3) is 6.08 Å². The zero-order valence-corrected chi connectivity index (χ0v) is 15.6. The van der Waals surface area contributed by atoms with E-state index in [2.05, 4.69) is 5.32 Å². The molecular formula is C16H17IN2O5. The predicted molar refractivity (Wildman–Crippen MR) is 95.7 cm³/mol. The van der Waals surface area contributed by atoms with E-state index in [4.69, 9.17) is 19.8 Å². The molecule has 1 aromatic carbocycles. The molecule has 0 bridgehead atoms. The Labute approximate surface area is 153 Å². The Morgan fingerprint density at radius 1 is 1.46 bits per heavy atom. The number of methoxy groups -OCH3 is 1. The fourth-order valence-electron chi connectivity index (χ4n) is 1.75. The minimum absolute atomic E-state index is 0.0410. The number of carbonyl (C=O) groups excluding carboxylic acids is 1. The number of aliphatic carboxylic acids is 1. The molecule has 8 heteroatoms. The molecule has 0 aliphatic carbocycles. The zero-order valence-electron chi connectivity index (χ0n) is 13.4. The standard InChI is InChI=1S/C16H17IN2O5/c1-9(2)19-16(22)11(7-18)4-10-5-12(17)15(13(6-10)23-3)24-8-14(20)21/h4-6,9H,8H2,1-3H3,(H,19,22)(H,20,21)/b11-4+. The van der Waals surface area contributed by atoms with Crippen molar-refractivity contribution < 1.29 is 24.2 Å². The van der Waals surface area contributed by atoms with Gasteiger partial charge in [0, 0.05) is 6.04 Å². The second-order valence-corrected chi connectivity index (χ2v) is 6.18. The van der Waals surface area contributed by atoms with Gasteiger partial charge in [-0.15, -0.1) is 0 Å². The van der Waals surface area contributed by atoms with Crippen LogP contribution in [0.3, 0.4) is 0 Å². The number of ether oxygens (including phenoxy) is 2. The van der Waals surface area contributed by atoms with E-state index < -0.39 is 18.5 Å². The van der Waals surface area contributed by atoms with Crippen molar-refractivity contribution in [3.05, 3.63) is 26.8 Å². The molecule has 2 N–H and O–H groups in total. The molecule has 0 unspecified atom stereocenters. The van der Waals surface area contributed by atoms with Gasteiger partial charge >= 0.3 is 5.97 Å². The molecule has 1 aromatic rings. The highest BCUT2D eigenvalue weighted by Gasteiger charge is 2.15. The molecule has 7 nitrogen and oxygen atoms in total. The van der Waals surface area contributed by atoms with Gasteiger partial charge in [-0.25, -0.2) is 4.79 Å². The van der Waals surface area contributed by atoms with Crippen molar-refractivity contribution in [3.63, 3.8) is 0 Å². The summed E-state index contributed by atoms with van der Waals surface area (Å²) in [6, 6.07) is 5.01. The van der Waals surface area contributed by atoms with Gasteiger partial charge in [-0.05, 0) is 60.2 Å². The molecule has 0 aromatic heterocycles. The van der Waals surface area contributed by atoms with Crippen molar-refractivity contribution in [1.29, 1.82) is 5.26 Å². The summed E-state index contributed by atoms with van der Waals surface area (Å²) in [5, 5.41) is 20.5. The average Bonchev–Trinajstić information content (AvgIpc) is 2.49. The molecule has 0 saturated heterocycles. The molecular weight excluding hydrogens is 427 g/mol. The van der Waals surface area contributed by atoms with E-state index >= 15 is 0 Å². The summed E-state index contributed by atoms with van der Waals surface area (Å²) < 4.78 is 11.0. The average molecular weight is 444 g/mol. The maximum absolute atomic E-state index is 11.9. The predicted octanol–water partition coefficient (Wildman–Crippen LogP) is 2.19. The molecule has 24 heavy (non-hydrogen) atoms. The summed E-state index contributed by atoms with van der Waals surface area (Å²) in [4.78, 5) is 22.6. The Morgan fingerprint density at radius 3 is 2.62 bits per heavy atom. The normalized spacial score (nSPS) is 10.9. The Balaban J connectivity index is 3.19. The number of carboxylic acid groups (broad SMARTS) is 1. The molecule has 0 fully saturated rings. The van der Waals surface area contributed by atoms with Crippen LogP contribution < -0.4 is 14.8 Å². The van der Waals surface area contributed by atoms with Crippen LogP contribution >= 0.6 is 22.6 Å². The van der Waals surface area contributed by atoms with E-state index in [0.29, 0.717) is 20.6 Å². The van der Waals surface area contributed by atoms with Gasteiger partial charge in [-0.3, -0.25) is 4.79 Å². The third-order valence-corrected chi connectivity index (χ3v) is 3.49. The first-order valence-electron chi connectivity index (χ1n) is 6.93. The van der Waals surface area contributed by atoms with E-state index in [-0.39, 0.29) is 11.6 Å². The van der Waals surface area contributed by atoms with Crippen LogP contribution in [0.4, 0.5) is 0 Å². The second kappa shape index (κ2) is 9.12. The highest BCUT2D eigenvalue weighted by molar-refractivity contribution is 14.1. The third-order valence-electron chi connectivity index (χ3n) is 2.69. The zero-order chi connectivity index (χ0) is 18.3. The van der Waals surface area contributed by atoms with Gasteiger partial charge in [0.1, 0.15) is 11.6 Å². The number of nitrogens with one attached hydrogen (secondary N) is 1. The molecule has 0 heterocycles. The summed E-state index contributed by atoms with van der Waals surface area (Å²) in [7, 11) is 1.42. The largest absolute Gasteiger partial charge is 0.493 e. The molecule has 0 spiro atoms. The van der Waals surface area contributed by atoms with Gasteiger partial charge < -0.3 is 19.9 Å². The van der Waals surface area contributed by atoms with Crippen molar-refractivity contribution in [2.45, 2.75) is 19.9 Å². The van der Waals surface area contributed by atoms with Crippen LogP contribution in [0.15, 0.2) is 17.7 Å². The highest BCUT2D eigenvalue weighted by atomic mass is 127. The Hall–Kier alpha value is -2.28. The maximum atomic E-state index is 11.9. The third kappa shape index (κ3) is 5.73. The fourth-order valence-corrected chi connectivity index (χ4v) is 2.53. The van der Waals surface area contributed by atoms with Crippen LogP contribution in [0.2, 0.25) is 0 Å². The number of hydrogen-bond donors (Lipinski definition) is 2. The van der Waals surface area contributed by atoms with E-state index in [9.17, 15) is 9.59 Å². The first-order chi connectivity index (χ1) is 11.3. The van der Waals surface area contributed by atoms with Crippen molar-refractivity contribution in [1.82, 2.24) is 5.32 Å². The van der Waals surface area contributed by atoms with Gasteiger partial charge in [-0.1, -0.05) is 0 Å². The summed E-state index contributed by atoms with van der Waals surface area (Å²) in [5.74, 6) is -0.958. The molecule has 128 valence electrons. The van der Waals surface area contributed by atoms with Gasteiger partial charge in [0.2, 0.25) is 0 Å². The quantitative estimate of drug-likeness (QED) is 0.379. The Bertz CT molecular complexity index is 707. The lowest BCUT2D eigenvalue weighted by Crippen LogP contribution is -2.30. The smallest absolute Gasteiger partial charge is 0.341 e. The van der Waals surface area contributed by atoms with Crippen molar-refractivity contribution in [2.24, 2.45) is 0 Å². The van der Waals surface area contributed by atoms with Crippen LogP contribution in [0.5, 0.6) is 11.5 Å². The second-order valence-electron chi connectivity index (χ2n) is 5.01. The lowest BCUT2D eigenvalue weighted by Gasteiger charge is -2.12. The minimum Gasteiger partial charge on any atom is -0.493 e. The Morgan fingerprint density at radius 2 is 2.12 bits per heavy atom. The summed E-state index contributed by atoms with van der Waals surface area (Å²) >= 11 is 1.97. The van der Waals surface area contributed by atoms with Crippen LogP contribution in [-0.4, -0.2) is 36.7 Å². The lowest BCUT2D eigenvalue weighted by atomic mass is 10.1. The van der Waals surface area contributed by atoms with E-state index in [1.54, 1.807) is 26.0 Å². The molecule has 0 atom stereocenters. The van der Waals surface area contributed by atoms with Crippen LogP contribution in [-0.2, 0) is 9.59 Å². The fraction of sp³-hybridized carbons (Fsp3) is 0.312. The molecule has 0 aliphatic heterocycles. The number of carbonyl (C=O) groups is 2. The number of benzene rings is 1. The van der Waals surface area contributed by atoms with Gasteiger partial charge in [0.15, 0.2) is 18.1 Å². The maximum Gasteiger partial charge on any atom is 0.341 e. The molecule has 0 aliphatic rings. The number of carboxylic acids is 1. The number of halogens is 1. The van der Waals surface area contributed by atoms with E-state index in [0.717, 1.165) is 0 Å². The Kier molecular flexibility index (Phi) is 7.51. The highest BCUT2D eigenvalue weighted by Crippen LogP contribution is 2.34. The number of rotatable bonds is 7. The minimum atomic E-state index is -1.10. The molecule has 0 saturated carbocycles. The number of hydrogen-bond acceptors (Lipinski definition) is 5. The monoisotopic (exact) mass is 444 g/mol. The molecule has 1 rings (SSSR count). The van der Waals surface area contributed by atoms with E-state index in [1.165, 1.54) is 13.2 Å². The number of nitrogens with zero attached hydrogens (tertiary/aromatic N) is 1. The summed E-state index contributed by atoms with van der Waals surface area (Å²) in [5.41, 5.74) is 0.523. The molecule has 1 amide bonds. The van der Waals surface area contributed by atoms with Gasteiger partial charge in [0.25, 0.3) is 5.91 Å². The summed E-state index contributed by atoms with van der Waals surface area (Å²) in [6.07, 6.45) is 1.43. The number of nitriles is 1. The lowest BCUT2D eigenvalue weighted by molar-refractivity contribution is -0.139. The van der Waals surface area contributed by atoms with Crippen molar-refractivity contribution in [2.75, 3.05) is 13.7 Å². The van der Waals surface area contributed by atoms with Gasteiger partial charge in [0.05, 0.1) is 10.7 Å². The topological polar surface area (TPSA) is 109 Å². The molecule has 0 radical (unpaired) electrons. The van der Waals surface area contributed by atoms with E-state index in [1.807, 2.05) is 28.7 Å². The van der Waals surface area contributed by atoms with Crippen LogP contribution in [0.1, 0.15) is 19.4 Å².